The van der Waals surface area contributed by atoms with Crippen LogP contribution < -0.4 is 0 Å². The third-order valence-electron chi connectivity index (χ3n) is 5.32. The highest BCUT2D eigenvalue weighted by Crippen LogP contribution is 2.48. The molecule has 1 aromatic rings. The van der Waals surface area contributed by atoms with E-state index in [2.05, 4.69) is 39.8 Å². The second kappa shape index (κ2) is 4.69. The van der Waals surface area contributed by atoms with E-state index in [1.54, 1.807) is 0 Å². The molecule has 4 heteroatoms. The Bertz CT molecular complexity index is 526. The van der Waals surface area contributed by atoms with Gasteiger partial charge in [-0.1, -0.05) is 30.3 Å². The molecule has 1 aliphatic heterocycles. The lowest BCUT2D eigenvalue weighted by Crippen LogP contribution is -2.45. The first kappa shape index (κ1) is 14.8. The van der Waals surface area contributed by atoms with Crippen LogP contribution in [0.4, 0.5) is 0 Å². The van der Waals surface area contributed by atoms with Crippen LogP contribution in [-0.2, 0) is 19.5 Å². The third kappa shape index (κ3) is 2.45. The Kier molecular flexibility index (Phi) is 3.30. The highest BCUT2D eigenvalue weighted by atomic mass is 16.7. The third-order valence-corrected chi connectivity index (χ3v) is 5.32. The molecule has 2 fully saturated rings. The lowest BCUT2D eigenvalue weighted by atomic mass is 9.54. The minimum atomic E-state index is -0.316. The quantitative estimate of drug-likeness (QED) is 0.799. The Balaban J connectivity index is 1.81. The summed E-state index contributed by atoms with van der Waals surface area (Å²) in [4.78, 5) is 11.6. The molecule has 112 valence electrons. The molecule has 0 atom stereocenters. The second-order valence-electron chi connectivity index (χ2n) is 7.43. The second-order valence-corrected chi connectivity index (χ2v) is 7.43. The molecule has 0 unspecified atom stereocenters. The van der Waals surface area contributed by atoms with Gasteiger partial charge in [-0.05, 0) is 39.6 Å². The van der Waals surface area contributed by atoms with Crippen molar-refractivity contribution in [2.24, 2.45) is 0 Å². The maximum absolute atomic E-state index is 11.6. The van der Waals surface area contributed by atoms with Crippen LogP contribution in [0.5, 0.6) is 0 Å². The van der Waals surface area contributed by atoms with Gasteiger partial charge in [0.25, 0.3) is 0 Å². The summed E-state index contributed by atoms with van der Waals surface area (Å²) in [6.07, 6.45) is 1.94. The number of hydrogen-bond donors (Lipinski definition) is 0. The Morgan fingerprint density at radius 1 is 1.00 bits per heavy atom. The van der Waals surface area contributed by atoms with Gasteiger partial charge in [-0.15, -0.1) is 0 Å². The van der Waals surface area contributed by atoms with Crippen LogP contribution in [0.1, 0.15) is 46.1 Å². The normalized spacial score (nSPS) is 25.7. The van der Waals surface area contributed by atoms with Crippen LogP contribution in [0.2, 0.25) is 6.32 Å². The van der Waals surface area contributed by atoms with E-state index in [4.69, 9.17) is 9.31 Å². The summed E-state index contributed by atoms with van der Waals surface area (Å²) in [5, 5.41) is 0. The smallest absolute Gasteiger partial charge is 0.403 e. The summed E-state index contributed by atoms with van der Waals surface area (Å²) < 4.78 is 12.2. The maximum Gasteiger partial charge on any atom is 0.458 e. The summed E-state index contributed by atoms with van der Waals surface area (Å²) in [5.74, 6) is 0.329. The van der Waals surface area contributed by atoms with Crippen LogP contribution >= 0.6 is 0 Å². The highest BCUT2D eigenvalue weighted by Gasteiger charge is 2.56. The van der Waals surface area contributed by atoms with E-state index in [0.717, 1.165) is 6.32 Å². The minimum absolute atomic E-state index is 0.112. The standard InChI is InChI=1S/C17H23BO3/c1-15(2)16(3,4)21-18(20-15)12-17(10-14(19)11-17)13-8-6-5-7-9-13/h5-9H,10-12H2,1-4H3. The molecule has 1 saturated heterocycles. The number of hydrogen-bond acceptors (Lipinski definition) is 3. The fraction of sp³-hybridized carbons (Fsp3) is 0.588. The van der Waals surface area contributed by atoms with Gasteiger partial charge in [-0.25, -0.2) is 0 Å². The predicted octanol–water partition coefficient (Wildman–Crippen LogP) is 3.38. The van der Waals surface area contributed by atoms with Crippen molar-refractivity contribution in [3.8, 4) is 0 Å². The predicted molar refractivity (Wildman–Crippen MR) is 83.3 cm³/mol. The number of ketones is 1. The largest absolute Gasteiger partial charge is 0.458 e. The molecule has 21 heavy (non-hydrogen) atoms. The lowest BCUT2D eigenvalue weighted by Gasteiger charge is -2.41. The Hall–Kier alpha value is -1.13. The molecular formula is C17H23BO3. The van der Waals surface area contributed by atoms with E-state index < -0.39 is 0 Å². The first-order chi connectivity index (χ1) is 9.74. The fourth-order valence-corrected chi connectivity index (χ4v) is 3.33. The van der Waals surface area contributed by atoms with Crippen molar-refractivity contribution >= 4 is 12.9 Å². The van der Waals surface area contributed by atoms with Crippen molar-refractivity contribution in [2.75, 3.05) is 0 Å². The van der Waals surface area contributed by atoms with Crippen LogP contribution in [-0.4, -0.2) is 24.1 Å². The van der Waals surface area contributed by atoms with Crippen molar-refractivity contribution in [1.82, 2.24) is 0 Å². The lowest BCUT2D eigenvalue weighted by molar-refractivity contribution is -0.127. The van der Waals surface area contributed by atoms with Gasteiger partial charge < -0.3 is 9.31 Å². The van der Waals surface area contributed by atoms with Crippen molar-refractivity contribution in [3.63, 3.8) is 0 Å². The van der Waals surface area contributed by atoms with Crippen molar-refractivity contribution in [3.05, 3.63) is 35.9 Å². The maximum atomic E-state index is 11.6. The number of Topliss-reactive ketones (excluding diaryl/α,β-unsaturated/α-hetero) is 1. The fourth-order valence-electron chi connectivity index (χ4n) is 3.33. The molecule has 3 nitrogen and oxygen atoms in total. The summed E-state index contributed by atoms with van der Waals surface area (Å²) in [6, 6.07) is 10.3. The van der Waals surface area contributed by atoms with Gasteiger partial charge in [-0.2, -0.15) is 0 Å². The van der Waals surface area contributed by atoms with Crippen LogP contribution in [0.3, 0.4) is 0 Å². The zero-order chi connectivity index (χ0) is 15.3. The first-order valence-corrected chi connectivity index (χ1v) is 7.67. The van der Waals surface area contributed by atoms with Gasteiger partial charge in [0.2, 0.25) is 0 Å². The Morgan fingerprint density at radius 2 is 1.52 bits per heavy atom. The van der Waals surface area contributed by atoms with Gasteiger partial charge >= 0.3 is 7.12 Å². The van der Waals surface area contributed by atoms with Crippen LogP contribution in [0.15, 0.2) is 30.3 Å². The molecular weight excluding hydrogens is 263 g/mol. The summed E-state index contributed by atoms with van der Waals surface area (Å²) >= 11 is 0. The van der Waals surface area contributed by atoms with Gasteiger partial charge in [0.15, 0.2) is 0 Å². The molecule has 0 amide bonds. The Morgan fingerprint density at radius 3 is 2.00 bits per heavy atom. The van der Waals surface area contributed by atoms with Crippen molar-refractivity contribution in [1.29, 1.82) is 0 Å². The molecule has 0 radical (unpaired) electrons. The summed E-state index contributed by atoms with van der Waals surface area (Å²) in [5.41, 5.74) is 0.478. The molecule has 3 rings (SSSR count). The van der Waals surface area contributed by atoms with E-state index >= 15 is 0 Å². The molecule has 0 spiro atoms. The minimum Gasteiger partial charge on any atom is -0.403 e. The summed E-state index contributed by atoms with van der Waals surface area (Å²) in [6.45, 7) is 8.25. The first-order valence-electron chi connectivity index (χ1n) is 7.67. The topological polar surface area (TPSA) is 35.5 Å². The average molecular weight is 286 g/mol. The van der Waals surface area contributed by atoms with E-state index in [1.165, 1.54) is 5.56 Å². The van der Waals surface area contributed by atoms with Gasteiger partial charge in [0, 0.05) is 18.3 Å². The zero-order valence-corrected chi connectivity index (χ0v) is 13.3. The molecule has 1 aliphatic carbocycles. The molecule has 2 aliphatic rings. The number of benzene rings is 1. The van der Waals surface area contributed by atoms with Gasteiger partial charge in [-0.3, -0.25) is 4.79 Å². The molecule has 1 heterocycles. The zero-order valence-electron chi connectivity index (χ0n) is 13.3. The van der Waals surface area contributed by atoms with Crippen LogP contribution in [0.25, 0.3) is 0 Å². The van der Waals surface area contributed by atoms with E-state index in [9.17, 15) is 4.79 Å². The molecule has 0 bridgehead atoms. The highest BCUT2D eigenvalue weighted by molar-refractivity contribution is 6.46. The average Bonchev–Trinajstić information content (AvgIpc) is 2.56. The van der Waals surface area contributed by atoms with Gasteiger partial charge in [0.1, 0.15) is 5.78 Å². The van der Waals surface area contributed by atoms with Crippen molar-refractivity contribution < 1.29 is 14.1 Å². The van der Waals surface area contributed by atoms with Gasteiger partial charge in [0.05, 0.1) is 11.2 Å². The molecule has 1 aromatic carbocycles. The van der Waals surface area contributed by atoms with Crippen molar-refractivity contribution in [2.45, 2.75) is 63.5 Å². The van der Waals surface area contributed by atoms with E-state index in [1.807, 2.05) is 18.2 Å². The van der Waals surface area contributed by atoms with E-state index in [0.29, 0.717) is 18.6 Å². The Labute approximate surface area is 127 Å². The molecule has 0 aromatic heterocycles. The van der Waals surface area contributed by atoms with Crippen LogP contribution in [0, 0.1) is 0 Å². The molecule has 0 N–H and O–H groups in total. The molecule has 1 saturated carbocycles. The number of carbonyl (C=O) groups excluding carboxylic acids is 1. The summed E-state index contributed by atoms with van der Waals surface area (Å²) in [7, 11) is -0.247. The van der Waals surface area contributed by atoms with E-state index in [-0.39, 0.29) is 23.7 Å². The number of rotatable bonds is 3. The number of carbonyl (C=O) groups is 1. The monoisotopic (exact) mass is 286 g/mol. The SMILES string of the molecule is CC1(C)OB(CC2(c3ccccc3)CC(=O)C2)OC1(C)C.